The van der Waals surface area contributed by atoms with E-state index in [1.165, 1.54) is 32.8 Å². The Hall–Kier alpha value is -2.65. The Morgan fingerprint density at radius 1 is 0.840 bits per heavy atom. The number of H-pyrrole nitrogens is 1. The van der Waals surface area contributed by atoms with Gasteiger partial charge in [-0.25, -0.2) is 0 Å². The van der Waals surface area contributed by atoms with Crippen LogP contribution in [0.3, 0.4) is 0 Å². The lowest BCUT2D eigenvalue weighted by Crippen LogP contribution is -2.21. The highest BCUT2D eigenvalue weighted by Gasteiger charge is 2.05. The first-order valence-corrected chi connectivity index (χ1v) is 9.00. The largest absolute Gasteiger partial charge is 0.376 e. The number of rotatable bonds is 5. The highest BCUT2D eigenvalue weighted by atomic mass is 32.1. The summed E-state index contributed by atoms with van der Waals surface area (Å²) in [5.41, 5.74) is 3.80. The van der Waals surface area contributed by atoms with E-state index in [2.05, 4.69) is 83.2 Å². The van der Waals surface area contributed by atoms with Crippen LogP contribution < -0.4 is 5.32 Å². The zero-order valence-electron chi connectivity index (χ0n) is 14.0. The van der Waals surface area contributed by atoms with E-state index in [9.17, 15) is 0 Å². The molecule has 0 atom stereocenters. The number of aryl methyl sites for hydroxylation is 1. The van der Waals surface area contributed by atoms with E-state index in [-0.39, 0.29) is 0 Å². The van der Waals surface area contributed by atoms with Crippen molar-refractivity contribution in [2.24, 2.45) is 0 Å². The first-order valence-electron chi connectivity index (χ1n) is 8.59. The number of fused-ring (bicyclic) bond motifs is 2. The molecule has 4 aromatic rings. The molecule has 0 radical (unpaired) electrons. The van der Waals surface area contributed by atoms with Gasteiger partial charge >= 0.3 is 0 Å². The van der Waals surface area contributed by atoms with E-state index < -0.39 is 0 Å². The van der Waals surface area contributed by atoms with Crippen LogP contribution in [0, 0.1) is 0 Å². The van der Waals surface area contributed by atoms with Gasteiger partial charge in [0, 0.05) is 30.1 Å². The van der Waals surface area contributed by atoms with Crippen LogP contribution in [0.4, 0.5) is 0 Å². The fourth-order valence-corrected chi connectivity index (χ4v) is 3.49. The molecule has 0 aliphatic heterocycles. The third kappa shape index (κ3) is 3.42. The topological polar surface area (TPSA) is 27.8 Å². The van der Waals surface area contributed by atoms with Crippen molar-refractivity contribution < 1.29 is 0 Å². The molecule has 124 valence electrons. The van der Waals surface area contributed by atoms with E-state index in [4.69, 9.17) is 12.2 Å². The van der Waals surface area contributed by atoms with Gasteiger partial charge in [0.25, 0.3) is 0 Å². The van der Waals surface area contributed by atoms with Gasteiger partial charge in [0.2, 0.25) is 0 Å². The molecular weight excluding hydrogens is 324 g/mol. The fraction of sp³-hybridized carbons (Fsp3) is 0.136. The molecule has 1 heterocycles. The van der Waals surface area contributed by atoms with Crippen molar-refractivity contribution in [3.8, 4) is 0 Å². The summed E-state index contributed by atoms with van der Waals surface area (Å²) in [6, 6.07) is 23.3. The molecule has 0 saturated carbocycles. The summed E-state index contributed by atoms with van der Waals surface area (Å²) < 4.78 is 0. The summed E-state index contributed by atoms with van der Waals surface area (Å²) in [7, 11) is 0. The van der Waals surface area contributed by atoms with Gasteiger partial charge in [-0.2, -0.15) is 0 Å². The number of para-hydroxylation sites is 1. The smallest absolute Gasteiger partial charge is 0.0759 e. The van der Waals surface area contributed by atoms with Crippen LogP contribution >= 0.6 is 12.2 Å². The Kier molecular flexibility index (Phi) is 4.49. The fourth-order valence-electron chi connectivity index (χ4n) is 3.32. The third-order valence-corrected chi connectivity index (χ3v) is 5.00. The van der Waals surface area contributed by atoms with Crippen LogP contribution in [0.1, 0.15) is 17.5 Å². The van der Waals surface area contributed by atoms with Crippen LogP contribution in [-0.4, -0.2) is 9.97 Å². The van der Waals surface area contributed by atoms with Crippen molar-refractivity contribution in [3.05, 3.63) is 84.1 Å². The molecule has 1 aromatic heterocycles. The normalized spacial score (nSPS) is 11.0. The van der Waals surface area contributed by atoms with Crippen LogP contribution in [-0.2, 0) is 13.0 Å². The highest BCUT2D eigenvalue weighted by molar-refractivity contribution is 7.80. The predicted octanol–water partition coefficient (Wildman–Crippen LogP) is 5.37. The minimum absolute atomic E-state index is 0.772. The Morgan fingerprint density at radius 3 is 2.52 bits per heavy atom. The zero-order valence-corrected chi connectivity index (χ0v) is 14.8. The first kappa shape index (κ1) is 15.9. The molecule has 0 amide bonds. The Labute approximate surface area is 152 Å². The van der Waals surface area contributed by atoms with Crippen LogP contribution in [0.2, 0.25) is 0 Å². The SMILES string of the molecule is S=C(CCc1c[nH]c2ccccc12)NCc1cccc2ccccc12. The van der Waals surface area contributed by atoms with Crippen LogP contribution in [0.5, 0.6) is 0 Å². The number of benzene rings is 3. The molecule has 4 rings (SSSR count). The van der Waals surface area contributed by atoms with Crippen molar-refractivity contribution >= 4 is 38.9 Å². The van der Waals surface area contributed by atoms with Gasteiger partial charge in [0.15, 0.2) is 0 Å². The second-order valence-electron chi connectivity index (χ2n) is 6.27. The standard InChI is InChI=1S/C22H20N2S/c25-22(13-12-18-14-23-21-11-4-3-10-20(18)21)24-15-17-8-5-7-16-6-1-2-9-19(16)17/h1-11,14,23H,12-13,15H2,(H,24,25). The summed E-state index contributed by atoms with van der Waals surface area (Å²) in [5, 5.41) is 7.27. The molecule has 3 heteroatoms. The minimum atomic E-state index is 0.772. The van der Waals surface area contributed by atoms with Gasteiger partial charge in [-0.05, 0) is 34.4 Å². The molecule has 2 N–H and O–H groups in total. The zero-order chi connectivity index (χ0) is 17.1. The molecule has 2 nitrogen and oxygen atoms in total. The van der Waals surface area contributed by atoms with E-state index in [0.29, 0.717) is 0 Å². The number of nitrogens with one attached hydrogen (secondary N) is 2. The molecule has 25 heavy (non-hydrogen) atoms. The number of hydrogen-bond donors (Lipinski definition) is 2. The maximum Gasteiger partial charge on any atom is 0.0759 e. The maximum absolute atomic E-state index is 5.55. The lowest BCUT2D eigenvalue weighted by molar-refractivity contribution is 0.894. The van der Waals surface area contributed by atoms with E-state index in [1.807, 2.05) is 0 Å². The quantitative estimate of drug-likeness (QED) is 0.476. The van der Waals surface area contributed by atoms with Crippen molar-refractivity contribution in [2.45, 2.75) is 19.4 Å². The van der Waals surface area contributed by atoms with Crippen molar-refractivity contribution in [1.29, 1.82) is 0 Å². The molecule has 0 fully saturated rings. The van der Waals surface area contributed by atoms with Crippen LogP contribution in [0.15, 0.2) is 72.9 Å². The van der Waals surface area contributed by atoms with Gasteiger partial charge in [-0.1, -0.05) is 72.9 Å². The van der Waals surface area contributed by atoms with Crippen molar-refractivity contribution in [3.63, 3.8) is 0 Å². The van der Waals surface area contributed by atoms with Crippen LogP contribution in [0.25, 0.3) is 21.7 Å². The van der Waals surface area contributed by atoms with E-state index in [1.54, 1.807) is 0 Å². The molecule has 0 saturated heterocycles. The molecule has 0 unspecified atom stereocenters. The van der Waals surface area contributed by atoms with Gasteiger partial charge in [0.1, 0.15) is 0 Å². The average molecular weight is 344 g/mol. The monoisotopic (exact) mass is 344 g/mol. The van der Waals surface area contributed by atoms with E-state index >= 15 is 0 Å². The number of aromatic nitrogens is 1. The summed E-state index contributed by atoms with van der Waals surface area (Å²) in [6.45, 7) is 0.772. The van der Waals surface area contributed by atoms with Gasteiger partial charge in [-0.3, -0.25) is 0 Å². The molecular formula is C22H20N2S. The minimum Gasteiger partial charge on any atom is -0.376 e. The number of hydrogen-bond acceptors (Lipinski definition) is 1. The van der Waals surface area contributed by atoms with Gasteiger partial charge in [0.05, 0.1) is 4.99 Å². The first-order chi connectivity index (χ1) is 12.3. The van der Waals surface area contributed by atoms with Crippen molar-refractivity contribution in [2.75, 3.05) is 0 Å². The number of aromatic amines is 1. The van der Waals surface area contributed by atoms with Gasteiger partial charge < -0.3 is 10.3 Å². The van der Waals surface area contributed by atoms with E-state index in [0.717, 1.165) is 24.4 Å². The molecule has 0 bridgehead atoms. The molecule has 0 aliphatic rings. The molecule has 3 aromatic carbocycles. The summed E-state index contributed by atoms with van der Waals surface area (Å²) in [5.74, 6) is 0. The lowest BCUT2D eigenvalue weighted by Gasteiger charge is -2.10. The molecule has 0 aliphatic carbocycles. The maximum atomic E-state index is 5.55. The van der Waals surface area contributed by atoms with Gasteiger partial charge in [-0.15, -0.1) is 0 Å². The molecule has 0 spiro atoms. The Morgan fingerprint density at radius 2 is 1.60 bits per heavy atom. The summed E-state index contributed by atoms with van der Waals surface area (Å²) in [4.78, 5) is 4.24. The number of thiocarbonyl (C=S) groups is 1. The average Bonchev–Trinajstić information content (AvgIpc) is 3.08. The second kappa shape index (κ2) is 7.08. The Bertz CT molecular complexity index is 1030. The summed E-state index contributed by atoms with van der Waals surface area (Å²) in [6.07, 6.45) is 3.91. The predicted molar refractivity (Wildman–Crippen MR) is 110 cm³/mol. The second-order valence-corrected chi connectivity index (χ2v) is 6.77. The lowest BCUT2D eigenvalue weighted by atomic mass is 10.0. The highest BCUT2D eigenvalue weighted by Crippen LogP contribution is 2.20. The van der Waals surface area contributed by atoms with Crippen molar-refractivity contribution in [1.82, 2.24) is 10.3 Å². The third-order valence-electron chi connectivity index (χ3n) is 4.65. The summed E-state index contributed by atoms with van der Waals surface area (Å²) >= 11 is 5.55. The Balaban J connectivity index is 1.39.